The van der Waals surface area contributed by atoms with Gasteiger partial charge in [0.1, 0.15) is 50.4 Å². The molecule has 11 aromatic rings. The summed E-state index contributed by atoms with van der Waals surface area (Å²) in [4.78, 5) is 15.1. The van der Waals surface area contributed by atoms with Crippen molar-refractivity contribution in [2.24, 2.45) is 0 Å². The van der Waals surface area contributed by atoms with Gasteiger partial charge in [-0.05, 0) is 84.9 Å². The van der Waals surface area contributed by atoms with Gasteiger partial charge in [0.25, 0.3) is 0 Å². The maximum Gasteiger partial charge on any atom is 0.167 e. The van der Waals surface area contributed by atoms with E-state index in [9.17, 15) is 0 Å². The van der Waals surface area contributed by atoms with E-state index in [-0.39, 0.29) is 27.3 Å². The van der Waals surface area contributed by atoms with Gasteiger partial charge in [0.2, 0.25) is 0 Å². The first-order valence-electron chi connectivity index (χ1n) is 19.6. The van der Waals surface area contributed by atoms with E-state index in [2.05, 4.69) is 91.0 Å². The maximum absolute atomic E-state index is 6.78. The molecule has 4 nitrogen and oxygen atoms in total. The number of aromatic nitrogens is 3. The van der Waals surface area contributed by atoms with Gasteiger partial charge in [0, 0.05) is 21.9 Å². The summed E-state index contributed by atoms with van der Waals surface area (Å²) in [6.45, 7) is 0. The van der Waals surface area contributed by atoms with Crippen molar-refractivity contribution < 1.29 is 4.42 Å². The molecule has 266 valence electrons. The molecule has 10 radical (unpaired) electrons. The van der Waals surface area contributed by atoms with Crippen LogP contribution in [0.1, 0.15) is 0 Å². The fourth-order valence-electron chi connectivity index (χ4n) is 8.56. The lowest BCUT2D eigenvalue weighted by molar-refractivity contribution is 0.669. The van der Waals surface area contributed by atoms with Gasteiger partial charge < -0.3 is 4.42 Å². The van der Waals surface area contributed by atoms with Crippen LogP contribution in [0.2, 0.25) is 0 Å². The van der Waals surface area contributed by atoms with Crippen molar-refractivity contribution in [2.75, 3.05) is 0 Å². The Bertz CT molecular complexity index is 3500. The van der Waals surface area contributed by atoms with Crippen molar-refractivity contribution in [3.63, 3.8) is 0 Å². The Morgan fingerprint density at radius 1 is 0.317 bits per heavy atom. The van der Waals surface area contributed by atoms with Crippen LogP contribution in [0.4, 0.5) is 0 Å². The standard InChI is InChI=1S/C51H26B5N3O/c52-43-42(44(53)46(55)47(56)45(43)54)30-12-8-13-31(24-30)50-57-49(27-10-2-1-3-11-27)58-51(59-50)39-19-9-18-38-37-23-21-29(26-41(37)60-48(38)39)28-20-22-36-34-16-5-4-14-32(34)33-15-6-7-17-35(33)40(36)25-28/h1-26H. The zero-order chi connectivity index (χ0) is 40.6. The minimum atomic E-state index is 0.159. The van der Waals surface area contributed by atoms with Gasteiger partial charge in [-0.2, -0.15) is 0 Å². The molecule has 2 aromatic heterocycles. The number of rotatable bonds is 5. The molecular formula is C51H26B5N3O. The summed E-state index contributed by atoms with van der Waals surface area (Å²) >= 11 is 0. The van der Waals surface area contributed by atoms with Gasteiger partial charge in [-0.3, -0.25) is 0 Å². The third kappa shape index (κ3) is 5.72. The molecule has 0 saturated heterocycles. The van der Waals surface area contributed by atoms with Crippen molar-refractivity contribution >= 4 is 121 Å². The normalized spacial score (nSPS) is 11.7. The van der Waals surface area contributed by atoms with Gasteiger partial charge in [0.15, 0.2) is 17.5 Å². The summed E-state index contributed by atoms with van der Waals surface area (Å²) < 4.78 is 6.78. The number of furan rings is 1. The first-order valence-corrected chi connectivity index (χ1v) is 19.6. The van der Waals surface area contributed by atoms with Crippen molar-refractivity contribution in [1.29, 1.82) is 0 Å². The number of hydrogen-bond acceptors (Lipinski definition) is 4. The molecule has 0 spiro atoms. The van der Waals surface area contributed by atoms with Gasteiger partial charge in [0.05, 0.1) is 5.56 Å². The molecule has 60 heavy (non-hydrogen) atoms. The topological polar surface area (TPSA) is 51.8 Å². The van der Waals surface area contributed by atoms with Crippen molar-refractivity contribution in [3.05, 3.63) is 158 Å². The Balaban J connectivity index is 1.06. The van der Waals surface area contributed by atoms with Crippen LogP contribution < -0.4 is 27.3 Å². The summed E-state index contributed by atoms with van der Waals surface area (Å²) in [6.07, 6.45) is 0. The second-order valence-electron chi connectivity index (χ2n) is 15.0. The molecule has 0 saturated carbocycles. The van der Waals surface area contributed by atoms with Crippen LogP contribution in [-0.4, -0.2) is 54.2 Å². The van der Waals surface area contributed by atoms with E-state index in [1.165, 1.54) is 32.3 Å². The van der Waals surface area contributed by atoms with Crippen molar-refractivity contribution in [2.45, 2.75) is 0 Å². The van der Waals surface area contributed by atoms with E-state index < -0.39 is 0 Å². The zero-order valence-electron chi connectivity index (χ0n) is 32.1. The summed E-state index contributed by atoms with van der Waals surface area (Å²) in [5, 5.41) is 9.38. The lowest BCUT2D eigenvalue weighted by atomic mass is 9.59. The third-order valence-electron chi connectivity index (χ3n) is 11.6. The average Bonchev–Trinajstić information content (AvgIpc) is 3.69. The highest BCUT2D eigenvalue weighted by molar-refractivity contribution is 6.68. The first-order chi connectivity index (χ1) is 29.3. The predicted octanol–water partition coefficient (Wildman–Crippen LogP) is 7.53. The molecule has 9 heteroatoms. The molecule has 0 aliphatic rings. The van der Waals surface area contributed by atoms with E-state index in [0.717, 1.165) is 38.6 Å². The smallest absolute Gasteiger partial charge is 0.167 e. The lowest BCUT2D eigenvalue weighted by Crippen LogP contribution is -2.55. The Hall–Kier alpha value is -7.11. The van der Waals surface area contributed by atoms with Crippen LogP contribution in [0.3, 0.4) is 0 Å². The Morgan fingerprint density at radius 3 is 1.48 bits per heavy atom. The van der Waals surface area contributed by atoms with E-state index >= 15 is 0 Å². The molecule has 0 N–H and O–H groups in total. The van der Waals surface area contributed by atoms with E-state index in [1.54, 1.807) is 0 Å². The van der Waals surface area contributed by atoms with Crippen LogP contribution in [0, 0.1) is 0 Å². The Kier molecular flexibility index (Phi) is 8.42. The van der Waals surface area contributed by atoms with Crippen LogP contribution in [0.15, 0.2) is 162 Å². The average molecular weight is 751 g/mol. The summed E-state index contributed by atoms with van der Waals surface area (Å²) in [7, 11) is 31.5. The third-order valence-corrected chi connectivity index (χ3v) is 11.6. The molecule has 0 fully saturated rings. The van der Waals surface area contributed by atoms with Crippen molar-refractivity contribution in [1.82, 2.24) is 15.0 Å². The highest BCUT2D eigenvalue weighted by Crippen LogP contribution is 2.40. The van der Waals surface area contributed by atoms with Crippen LogP contribution in [0.5, 0.6) is 0 Å². The molecule has 0 amide bonds. The molecule has 0 atom stereocenters. The molecule has 2 heterocycles. The summed E-state index contributed by atoms with van der Waals surface area (Å²) in [5.74, 6) is 1.41. The summed E-state index contributed by atoms with van der Waals surface area (Å²) in [5.41, 5.74) is 8.09. The molecule has 9 aromatic carbocycles. The molecule has 11 rings (SSSR count). The fraction of sp³-hybridized carbons (Fsp3) is 0. The number of hydrogen-bond donors (Lipinski definition) is 0. The zero-order valence-corrected chi connectivity index (χ0v) is 32.1. The molecule has 0 unspecified atom stereocenters. The maximum atomic E-state index is 6.78. The molecule has 0 aliphatic heterocycles. The molecule has 0 aliphatic carbocycles. The highest BCUT2D eigenvalue weighted by atomic mass is 16.3. The number of nitrogens with zero attached hydrogens (tertiary/aromatic N) is 3. The predicted molar refractivity (Wildman–Crippen MR) is 254 cm³/mol. The second-order valence-corrected chi connectivity index (χ2v) is 15.0. The van der Waals surface area contributed by atoms with E-state index in [1.807, 2.05) is 66.7 Å². The number of para-hydroxylation sites is 1. The molecular weight excluding hydrogens is 725 g/mol. The van der Waals surface area contributed by atoms with Crippen LogP contribution >= 0.6 is 0 Å². The minimum Gasteiger partial charge on any atom is -0.455 e. The van der Waals surface area contributed by atoms with E-state index in [0.29, 0.717) is 39.7 Å². The van der Waals surface area contributed by atoms with Crippen LogP contribution in [-0.2, 0) is 0 Å². The Labute approximate surface area is 352 Å². The van der Waals surface area contributed by atoms with Crippen molar-refractivity contribution in [3.8, 4) is 56.4 Å². The quantitative estimate of drug-likeness (QED) is 0.135. The van der Waals surface area contributed by atoms with Gasteiger partial charge >= 0.3 is 0 Å². The fourth-order valence-corrected chi connectivity index (χ4v) is 8.56. The van der Waals surface area contributed by atoms with Gasteiger partial charge in [-0.25, -0.2) is 15.0 Å². The SMILES string of the molecule is [B]c1c([B])c([B])c(-c2cccc(-c3nc(-c4ccccc4)nc(-c4cccc5c4oc4cc(-c6ccc7c8ccccc8c8ccccc8c7c6)ccc45)n3)c2)c([B])c1[B]. The number of benzene rings is 9. The molecule has 0 bridgehead atoms. The van der Waals surface area contributed by atoms with Crippen LogP contribution in [0.25, 0.3) is 111 Å². The van der Waals surface area contributed by atoms with Gasteiger partial charge in [-0.15, -0.1) is 16.4 Å². The lowest BCUT2D eigenvalue weighted by Gasteiger charge is -2.21. The number of fused-ring (bicyclic) bond motifs is 9. The second kappa shape index (κ2) is 14.0. The monoisotopic (exact) mass is 751 g/mol. The summed E-state index contributed by atoms with van der Waals surface area (Å²) in [6, 6.07) is 53.9. The largest absolute Gasteiger partial charge is 0.455 e. The first kappa shape index (κ1) is 36.0. The van der Waals surface area contributed by atoms with E-state index in [4.69, 9.17) is 58.6 Å². The van der Waals surface area contributed by atoms with Gasteiger partial charge in [-0.1, -0.05) is 138 Å². The Morgan fingerprint density at radius 2 is 0.800 bits per heavy atom. The highest BCUT2D eigenvalue weighted by Gasteiger charge is 2.20. The minimum absolute atomic E-state index is 0.159.